The Labute approximate surface area is 126 Å². The molecule has 5 nitrogen and oxygen atoms in total. The van der Waals surface area contributed by atoms with Gasteiger partial charge < -0.3 is 19.9 Å². The van der Waals surface area contributed by atoms with Crippen LogP contribution >= 0.6 is 0 Å². The number of rotatable bonds is 10. The number of nitrogens with one attached hydrogen (secondary N) is 1. The van der Waals surface area contributed by atoms with E-state index in [2.05, 4.69) is 5.32 Å². The largest absolute Gasteiger partial charge is 0.480 e. The maximum absolute atomic E-state index is 11.8. The molecule has 0 aliphatic carbocycles. The number of aliphatic carboxylic acids is 1. The van der Waals surface area contributed by atoms with Gasteiger partial charge in [-0.2, -0.15) is 0 Å². The summed E-state index contributed by atoms with van der Waals surface area (Å²) >= 11 is 0. The average molecular weight is 295 g/mol. The third-order valence-corrected chi connectivity index (χ3v) is 3.49. The molecule has 1 aromatic carbocycles. The van der Waals surface area contributed by atoms with Crippen molar-refractivity contribution in [1.82, 2.24) is 5.32 Å². The lowest BCUT2D eigenvalue weighted by atomic mass is 9.87. The Hall–Kier alpha value is -1.43. The molecule has 5 heteroatoms. The Morgan fingerprint density at radius 1 is 1.38 bits per heavy atom. The van der Waals surface area contributed by atoms with E-state index in [1.54, 1.807) is 7.05 Å². The van der Waals surface area contributed by atoms with E-state index in [9.17, 15) is 9.90 Å². The molecule has 2 unspecified atom stereocenters. The van der Waals surface area contributed by atoms with E-state index in [4.69, 9.17) is 9.47 Å². The SMILES string of the molecule is CCOCC(C)OCCC(NC)(C(=O)O)c1ccccc1. The molecule has 0 aliphatic heterocycles. The fraction of sp³-hybridized carbons (Fsp3) is 0.562. The van der Waals surface area contributed by atoms with Gasteiger partial charge in [-0.3, -0.25) is 0 Å². The molecule has 2 N–H and O–H groups in total. The standard InChI is InChI=1S/C16H25NO4/c1-4-20-12-13(2)21-11-10-16(17-3,15(18)19)14-8-6-5-7-9-14/h5-9,13,17H,4,10-12H2,1-3H3,(H,18,19). The van der Waals surface area contributed by atoms with Crippen LogP contribution in [0.3, 0.4) is 0 Å². The monoisotopic (exact) mass is 295 g/mol. The lowest BCUT2D eigenvalue weighted by molar-refractivity contribution is -0.146. The molecular formula is C16H25NO4. The van der Waals surface area contributed by atoms with Gasteiger partial charge in [0.05, 0.1) is 12.7 Å². The fourth-order valence-corrected chi connectivity index (χ4v) is 2.22. The van der Waals surface area contributed by atoms with Gasteiger partial charge in [0.2, 0.25) is 0 Å². The van der Waals surface area contributed by atoms with Crippen molar-refractivity contribution in [3.63, 3.8) is 0 Å². The van der Waals surface area contributed by atoms with Crippen LogP contribution in [0, 0.1) is 0 Å². The predicted octanol–water partition coefficient (Wildman–Crippen LogP) is 2.02. The van der Waals surface area contributed by atoms with E-state index in [1.807, 2.05) is 44.2 Å². The molecule has 0 radical (unpaired) electrons. The van der Waals surface area contributed by atoms with Crippen molar-refractivity contribution >= 4 is 5.97 Å². The third-order valence-electron chi connectivity index (χ3n) is 3.49. The van der Waals surface area contributed by atoms with Crippen molar-refractivity contribution in [1.29, 1.82) is 0 Å². The smallest absolute Gasteiger partial charge is 0.328 e. The molecule has 0 aromatic heterocycles. The Morgan fingerprint density at radius 2 is 2.05 bits per heavy atom. The molecule has 0 saturated heterocycles. The second kappa shape index (κ2) is 8.77. The number of carbonyl (C=O) groups is 1. The highest BCUT2D eigenvalue weighted by Crippen LogP contribution is 2.25. The first-order valence-corrected chi connectivity index (χ1v) is 7.24. The van der Waals surface area contributed by atoms with Crippen LogP contribution in [-0.4, -0.2) is 44.0 Å². The summed E-state index contributed by atoms with van der Waals surface area (Å²) in [6, 6.07) is 9.17. The molecule has 0 amide bonds. The van der Waals surface area contributed by atoms with Crippen LogP contribution in [0.15, 0.2) is 30.3 Å². The molecule has 0 saturated carbocycles. The molecule has 0 heterocycles. The van der Waals surface area contributed by atoms with Gasteiger partial charge in [-0.25, -0.2) is 4.79 Å². The van der Waals surface area contributed by atoms with Crippen LogP contribution in [-0.2, 0) is 19.8 Å². The minimum absolute atomic E-state index is 0.0518. The summed E-state index contributed by atoms with van der Waals surface area (Å²) in [7, 11) is 1.66. The normalized spacial score (nSPS) is 15.4. The van der Waals surface area contributed by atoms with E-state index >= 15 is 0 Å². The zero-order chi connectivity index (χ0) is 15.7. The molecule has 118 valence electrons. The molecule has 2 atom stereocenters. The van der Waals surface area contributed by atoms with Gasteiger partial charge >= 0.3 is 5.97 Å². The van der Waals surface area contributed by atoms with E-state index in [0.29, 0.717) is 26.2 Å². The number of likely N-dealkylation sites (N-methyl/N-ethyl adjacent to an activating group) is 1. The molecule has 1 aromatic rings. The summed E-state index contributed by atoms with van der Waals surface area (Å²) in [4.78, 5) is 11.8. The molecule has 21 heavy (non-hydrogen) atoms. The first-order chi connectivity index (χ1) is 10.1. The summed E-state index contributed by atoms with van der Waals surface area (Å²) in [6.07, 6.45) is 0.295. The number of carboxylic acid groups (broad SMARTS) is 1. The summed E-state index contributed by atoms with van der Waals surface area (Å²) in [5.74, 6) is -0.905. The van der Waals surface area contributed by atoms with Gasteiger partial charge in [0.1, 0.15) is 5.54 Å². The van der Waals surface area contributed by atoms with Crippen LogP contribution in [0.5, 0.6) is 0 Å². The minimum Gasteiger partial charge on any atom is -0.480 e. The summed E-state index contributed by atoms with van der Waals surface area (Å²) in [6.45, 7) is 5.35. The van der Waals surface area contributed by atoms with Crippen LogP contribution in [0.25, 0.3) is 0 Å². The third kappa shape index (κ3) is 4.81. The minimum atomic E-state index is -1.13. The quantitative estimate of drug-likeness (QED) is 0.691. The molecule has 1 rings (SSSR count). The molecule has 0 spiro atoms. The van der Waals surface area contributed by atoms with E-state index in [-0.39, 0.29) is 6.10 Å². The number of hydrogen-bond donors (Lipinski definition) is 2. The Morgan fingerprint density at radius 3 is 2.57 bits per heavy atom. The number of ether oxygens (including phenoxy) is 2. The van der Waals surface area contributed by atoms with E-state index < -0.39 is 11.5 Å². The maximum atomic E-state index is 11.8. The Bertz CT molecular complexity index is 424. The van der Waals surface area contributed by atoms with Crippen molar-refractivity contribution in [3.8, 4) is 0 Å². The average Bonchev–Trinajstić information content (AvgIpc) is 2.50. The van der Waals surface area contributed by atoms with Crippen molar-refractivity contribution in [2.24, 2.45) is 0 Å². The first-order valence-electron chi connectivity index (χ1n) is 7.24. The highest BCUT2D eigenvalue weighted by molar-refractivity contribution is 5.80. The van der Waals surface area contributed by atoms with Gasteiger partial charge in [-0.05, 0) is 26.5 Å². The van der Waals surface area contributed by atoms with Crippen LogP contribution in [0.2, 0.25) is 0 Å². The summed E-state index contributed by atoms with van der Waals surface area (Å²) in [5.41, 5.74) is -0.409. The second-order valence-corrected chi connectivity index (χ2v) is 4.92. The topological polar surface area (TPSA) is 67.8 Å². The van der Waals surface area contributed by atoms with Crippen molar-refractivity contribution in [3.05, 3.63) is 35.9 Å². The van der Waals surface area contributed by atoms with Crippen molar-refractivity contribution in [2.45, 2.75) is 31.9 Å². The van der Waals surface area contributed by atoms with E-state index in [0.717, 1.165) is 5.56 Å². The van der Waals surface area contributed by atoms with Crippen molar-refractivity contribution in [2.75, 3.05) is 26.9 Å². The molecular weight excluding hydrogens is 270 g/mol. The number of carboxylic acids is 1. The fourth-order valence-electron chi connectivity index (χ4n) is 2.22. The Kier molecular flexibility index (Phi) is 7.36. The summed E-state index contributed by atoms with van der Waals surface area (Å²) in [5, 5.41) is 12.6. The zero-order valence-corrected chi connectivity index (χ0v) is 13.0. The van der Waals surface area contributed by atoms with Gasteiger partial charge in [-0.1, -0.05) is 30.3 Å². The maximum Gasteiger partial charge on any atom is 0.328 e. The zero-order valence-electron chi connectivity index (χ0n) is 13.0. The highest BCUT2D eigenvalue weighted by atomic mass is 16.5. The predicted molar refractivity (Wildman–Crippen MR) is 81.3 cm³/mol. The molecule has 0 aliphatic rings. The number of hydrogen-bond acceptors (Lipinski definition) is 4. The molecule has 0 bridgehead atoms. The van der Waals surface area contributed by atoms with Gasteiger partial charge in [0.25, 0.3) is 0 Å². The van der Waals surface area contributed by atoms with Crippen molar-refractivity contribution < 1.29 is 19.4 Å². The summed E-state index contributed by atoms with van der Waals surface area (Å²) < 4.78 is 10.9. The van der Waals surface area contributed by atoms with Gasteiger partial charge in [-0.15, -0.1) is 0 Å². The lowest BCUT2D eigenvalue weighted by Gasteiger charge is -2.30. The first kappa shape index (κ1) is 17.6. The van der Waals surface area contributed by atoms with Crippen LogP contribution < -0.4 is 5.32 Å². The van der Waals surface area contributed by atoms with Gasteiger partial charge in [0, 0.05) is 19.6 Å². The molecule has 0 fully saturated rings. The van der Waals surface area contributed by atoms with E-state index in [1.165, 1.54) is 0 Å². The lowest BCUT2D eigenvalue weighted by Crippen LogP contribution is -2.48. The second-order valence-electron chi connectivity index (χ2n) is 4.92. The van der Waals surface area contributed by atoms with Crippen LogP contribution in [0.4, 0.5) is 0 Å². The highest BCUT2D eigenvalue weighted by Gasteiger charge is 2.38. The number of benzene rings is 1. The van der Waals surface area contributed by atoms with Crippen LogP contribution in [0.1, 0.15) is 25.8 Å². The Balaban J connectivity index is 2.70. The van der Waals surface area contributed by atoms with Gasteiger partial charge in [0.15, 0.2) is 0 Å².